The maximum absolute atomic E-state index is 4.47. The van der Waals surface area contributed by atoms with Gasteiger partial charge in [-0.05, 0) is 35.2 Å². The number of pyridine rings is 2. The van der Waals surface area contributed by atoms with Crippen molar-refractivity contribution in [2.75, 3.05) is 11.9 Å². The van der Waals surface area contributed by atoms with Crippen LogP contribution in [-0.2, 0) is 6.42 Å². The maximum atomic E-state index is 4.47. The van der Waals surface area contributed by atoms with E-state index in [0.717, 1.165) is 24.4 Å². The van der Waals surface area contributed by atoms with E-state index in [4.69, 9.17) is 0 Å². The van der Waals surface area contributed by atoms with Crippen molar-refractivity contribution in [2.45, 2.75) is 20.3 Å². The summed E-state index contributed by atoms with van der Waals surface area (Å²) in [6.07, 6.45) is 6.64. The van der Waals surface area contributed by atoms with Gasteiger partial charge in [0.2, 0.25) is 0 Å². The smallest absolute Gasteiger partial charge is 0.137 e. The van der Waals surface area contributed by atoms with Crippen molar-refractivity contribution in [3.8, 4) is 0 Å². The SMILES string of the molecule is CC(C)CNc1ccc(Cc2c[nH]c3ncccc23)cn1. The molecule has 0 aliphatic carbocycles. The number of aromatic nitrogens is 3. The third-order valence-electron chi connectivity index (χ3n) is 3.45. The van der Waals surface area contributed by atoms with E-state index < -0.39 is 0 Å². The van der Waals surface area contributed by atoms with Crippen molar-refractivity contribution >= 4 is 16.9 Å². The predicted molar refractivity (Wildman–Crippen MR) is 86.5 cm³/mol. The van der Waals surface area contributed by atoms with Gasteiger partial charge in [0.15, 0.2) is 0 Å². The molecule has 0 saturated carbocycles. The average molecular weight is 280 g/mol. The van der Waals surface area contributed by atoms with Gasteiger partial charge < -0.3 is 10.3 Å². The summed E-state index contributed by atoms with van der Waals surface area (Å²) in [5.74, 6) is 1.55. The number of hydrogen-bond donors (Lipinski definition) is 2. The lowest BCUT2D eigenvalue weighted by Crippen LogP contribution is -2.09. The number of H-pyrrole nitrogens is 1. The molecule has 108 valence electrons. The summed E-state index contributed by atoms with van der Waals surface area (Å²) in [7, 11) is 0. The fourth-order valence-corrected chi connectivity index (χ4v) is 2.32. The van der Waals surface area contributed by atoms with Crippen LogP contribution >= 0.6 is 0 Å². The largest absolute Gasteiger partial charge is 0.370 e. The van der Waals surface area contributed by atoms with Crippen LogP contribution in [0.1, 0.15) is 25.0 Å². The molecule has 4 nitrogen and oxygen atoms in total. The van der Waals surface area contributed by atoms with Gasteiger partial charge in [-0.3, -0.25) is 0 Å². The number of nitrogens with zero attached hydrogens (tertiary/aromatic N) is 2. The summed E-state index contributed by atoms with van der Waals surface area (Å²) in [6.45, 7) is 5.32. The van der Waals surface area contributed by atoms with E-state index in [9.17, 15) is 0 Å². The van der Waals surface area contributed by atoms with Crippen LogP contribution < -0.4 is 5.32 Å². The number of anilines is 1. The van der Waals surface area contributed by atoms with Crippen LogP contribution in [0.2, 0.25) is 0 Å². The molecule has 3 aromatic heterocycles. The molecule has 0 fully saturated rings. The summed E-state index contributed by atoms with van der Waals surface area (Å²) in [5, 5.41) is 4.51. The summed E-state index contributed by atoms with van der Waals surface area (Å²) < 4.78 is 0. The first-order chi connectivity index (χ1) is 10.2. The highest BCUT2D eigenvalue weighted by molar-refractivity contribution is 5.79. The van der Waals surface area contributed by atoms with Crippen LogP contribution in [0.3, 0.4) is 0 Å². The lowest BCUT2D eigenvalue weighted by molar-refractivity contribution is 0.687. The molecule has 0 spiro atoms. The minimum Gasteiger partial charge on any atom is -0.370 e. The Morgan fingerprint density at radius 1 is 1.19 bits per heavy atom. The molecule has 0 aromatic carbocycles. The first kappa shape index (κ1) is 13.6. The fraction of sp³-hybridized carbons (Fsp3) is 0.294. The zero-order valence-corrected chi connectivity index (χ0v) is 12.4. The second-order valence-electron chi connectivity index (χ2n) is 5.72. The summed E-state index contributed by atoms with van der Waals surface area (Å²) >= 11 is 0. The van der Waals surface area contributed by atoms with Crippen LogP contribution in [0, 0.1) is 5.92 Å². The molecule has 0 radical (unpaired) electrons. The first-order valence-corrected chi connectivity index (χ1v) is 7.32. The molecule has 4 heteroatoms. The molecule has 0 bridgehead atoms. The lowest BCUT2D eigenvalue weighted by Gasteiger charge is -2.08. The number of nitrogens with one attached hydrogen (secondary N) is 2. The molecule has 0 saturated heterocycles. The third-order valence-corrected chi connectivity index (χ3v) is 3.45. The number of aromatic amines is 1. The van der Waals surface area contributed by atoms with E-state index in [-0.39, 0.29) is 0 Å². The number of fused-ring (bicyclic) bond motifs is 1. The van der Waals surface area contributed by atoms with Crippen molar-refractivity contribution in [1.29, 1.82) is 0 Å². The van der Waals surface area contributed by atoms with Gasteiger partial charge in [-0.1, -0.05) is 19.9 Å². The molecule has 0 aliphatic heterocycles. The standard InChI is InChI=1S/C17H20N4/c1-12(2)9-19-16-6-5-13(10-20-16)8-14-11-21-17-15(14)4-3-7-18-17/h3-7,10-12H,8-9H2,1-2H3,(H,18,21)(H,19,20). The van der Waals surface area contributed by atoms with Crippen LogP contribution in [0.5, 0.6) is 0 Å². The minimum atomic E-state index is 0.616. The molecule has 3 rings (SSSR count). The van der Waals surface area contributed by atoms with Gasteiger partial charge in [-0.2, -0.15) is 0 Å². The first-order valence-electron chi connectivity index (χ1n) is 7.32. The van der Waals surface area contributed by atoms with Crippen LogP contribution in [0.25, 0.3) is 11.0 Å². The molecule has 0 atom stereocenters. The lowest BCUT2D eigenvalue weighted by atomic mass is 10.1. The van der Waals surface area contributed by atoms with Crippen molar-refractivity contribution in [3.63, 3.8) is 0 Å². The zero-order valence-electron chi connectivity index (χ0n) is 12.4. The second kappa shape index (κ2) is 5.95. The predicted octanol–water partition coefficient (Wildman–Crippen LogP) is 3.62. The van der Waals surface area contributed by atoms with E-state index in [2.05, 4.69) is 46.2 Å². The van der Waals surface area contributed by atoms with Crippen molar-refractivity contribution in [1.82, 2.24) is 15.0 Å². The second-order valence-corrected chi connectivity index (χ2v) is 5.72. The Kier molecular flexibility index (Phi) is 3.86. The number of rotatable bonds is 5. The summed E-state index contributed by atoms with van der Waals surface area (Å²) in [4.78, 5) is 12.0. The van der Waals surface area contributed by atoms with Gasteiger partial charge in [0.05, 0.1) is 0 Å². The molecule has 21 heavy (non-hydrogen) atoms. The van der Waals surface area contributed by atoms with Gasteiger partial charge in [0, 0.05) is 36.9 Å². The van der Waals surface area contributed by atoms with E-state index >= 15 is 0 Å². The Hall–Kier alpha value is -2.36. The fourth-order valence-electron chi connectivity index (χ4n) is 2.32. The summed E-state index contributed by atoms with van der Waals surface area (Å²) in [6, 6.07) is 8.24. The van der Waals surface area contributed by atoms with Crippen LogP contribution in [0.4, 0.5) is 5.82 Å². The molecule has 3 aromatic rings. The Bertz CT molecular complexity index is 713. The molecule has 2 N–H and O–H groups in total. The maximum Gasteiger partial charge on any atom is 0.137 e. The Balaban J connectivity index is 1.73. The normalized spacial score (nSPS) is 11.2. The average Bonchev–Trinajstić information content (AvgIpc) is 2.90. The minimum absolute atomic E-state index is 0.616. The van der Waals surface area contributed by atoms with Gasteiger partial charge in [0.1, 0.15) is 11.5 Å². The Labute approximate surface area is 124 Å². The van der Waals surface area contributed by atoms with E-state index in [1.165, 1.54) is 16.5 Å². The Morgan fingerprint density at radius 3 is 2.86 bits per heavy atom. The molecule has 0 unspecified atom stereocenters. The Morgan fingerprint density at radius 2 is 2.10 bits per heavy atom. The van der Waals surface area contributed by atoms with Gasteiger partial charge in [-0.25, -0.2) is 9.97 Å². The third kappa shape index (κ3) is 3.21. The van der Waals surface area contributed by atoms with E-state index in [1.807, 2.05) is 24.5 Å². The topological polar surface area (TPSA) is 53.6 Å². The highest BCUT2D eigenvalue weighted by Crippen LogP contribution is 2.19. The van der Waals surface area contributed by atoms with Crippen molar-refractivity contribution in [3.05, 3.63) is 54.0 Å². The van der Waals surface area contributed by atoms with E-state index in [0.29, 0.717) is 5.92 Å². The van der Waals surface area contributed by atoms with E-state index in [1.54, 1.807) is 6.20 Å². The zero-order chi connectivity index (χ0) is 14.7. The van der Waals surface area contributed by atoms with Crippen molar-refractivity contribution < 1.29 is 0 Å². The highest BCUT2D eigenvalue weighted by atomic mass is 15.0. The molecular weight excluding hydrogens is 260 g/mol. The highest BCUT2D eigenvalue weighted by Gasteiger charge is 2.05. The van der Waals surface area contributed by atoms with Crippen LogP contribution in [0.15, 0.2) is 42.9 Å². The summed E-state index contributed by atoms with van der Waals surface area (Å²) in [5.41, 5.74) is 3.40. The monoisotopic (exact) mass is 280 g/mol. The molecule has 3 heterocycles. The quantitative estimate of drug-likeness (QED) is 0.750. The van der Waals surface area contributed by atoms with Crippen LogP contribution in [-0.4, -0.2) is 21.5 Å². The van der Waals surface area contributed by atoms with Gasteiger partial charge in [0.25, 0.3) is 0 Å². The van der Waals surface area contributed by atoms with Crippen molar-refractivity contribution in [2.24, 2.45) is 5.92 Å². The molecular formula is C17H20N4. The van der Waals surface area contributed by atoms with Gasteiger partial charge >= 0.3 is 0 Å². The van der Waals surface area contributed by atoms with Gasteiger partial charge in [-0.15, -0.1) is 0 Å². The number of hydrogen-bond acceptors (Lipinski definition) is 3. The molecule has 0 aliphatic rings. The molecule has 0 amide bonds.